The van der Waals surface area contributed by atoms with Crippen LogP contribution in [0.4, 0.5) is 15.8 Å². The fourth-order valence-electron chi connectivity index (χ4n) is 1.82. The molecule has 0 saturated carbocycles. The van der Waals surface area contributed by atoms with E-state index in [4.69, 9.17) is 0 Å². The number of nitrogens with one attached hydrogen (secondary N) is 2. The van der Waals surface area contributed by atoms with Gasteiger partial charge < -0.3 is 10.6 Å². The molecule has 2 rings (SSSR count). The van der Waals surface area contributed by atoms with Crippen LogP contribution in [0.5, 0.6) is 0 Å². The Morgan fingerprint density at radius 2 is 1.57 bits per heavy atom. The zero-order valence-electron chi connectivity index (χ0n) is 12.6. The number of thioether (sulfide) groups is 1. The van der Waals surface area contributed by atoms with Crippen molar-refractivity contribution in [2.24, 2.45) is 0 Å². The molecule has 6 heteroatoms. The predicted octanol–water partition coefficient (Wildman–Crippen LogP) is 3.44. The molecule has 2 aromatic carbocycles. The monoisotopic (exact) mass is 332 g/mol. The Hall–Kier alpha value is -2.34. The number of hydrogen-bond acceptors (Lipinski definition) is 3. The maximum absolute atomic E-state index is 13.4. The first-order chi connectivity index (χ1) is 11.0. The Labute approximate surface area is 138 Å². The highest BCUT2D eigenvalue weighted by Gasteiger charge is 2.08. The van der Waals surface area contributed by atoms with Crippen molar-refractivity contribution in [1.29, 1.82) is 0 Å². The molecule has 0 aliphatic rings. The van der Waals surface area contributed by atoms with Gasteiger partial charge in [-0.3, -0.25) is 9.59 Å². The number of hydrogen-bond donors (Lipinski definition) is 2. The van der Waals surface area contributed by atoms with Crippen LogP contribution in [-0.4, -0.2) is 23.3 Å². The quantitative estimate of drug-likeness (QED) is 0.852. The molecule has 0 aliphatic carbocycles. The second-order valence-electron chi connectivity index (χ2n) is 4.94. The number of carbonyl (C=O) groups is 2. The average molecular weight is 332 g/mol. The van der Waals surface area contributed by atoms with E-state index in [0.717, 1.165) is 11.3 Å². The Morgan fingerprint density at radius 3 is 2.22 bits per heavy atom. The number of amides is 2. The fraction of sp³-hybridized carbons (Fsp3) is 0.176. The molecule has 0 atom stereocenters. The Bertz CT molecular complexity index is 689. The summed E-state index contributed by atoms with van der Waals surface area (Å²) in [5, 5.41) is 5.22. The summed E-state index contributed by atoms with van der Waals surface area (Å²) in [6.07, 6.45) is 0. The average Bonchev–Trinajstić information content (AvgIpc) is 2.52. The first-order valence-electron chi connectivity index (χ1n) is 7.03. The van der Waals surface area contributed by atoms with Crippen molar-refractivity contribution in [2.75, 3.05) is 22.1 Å². The fourth-order valence-corrected chi connectivity index (χ4v) is 2.44. The molecular formula is C17H17FN2O2S. The molecule has 0 fully saturated rings. The van der Waals surface area contributed by atoms with Crippen molar-refractivity contribution < 1.29 is 14.0 Å². The van der Waals surface area contributed by atoms with E-state index in [1.54, 1.807) is 12.1 Å². The van der Waals surface area contributed by atoms with Gasteiger partial charge in [0.2, 0.25) is 11.8 Å². The molecule has 0 unspecified atom stereocenters. The van der Waals surface area contributed by atoms with E-state index < -0.39 is 5.82 Å². The van der Waals surface area contributed by atoms with Gasteiger partial charge in [0.15, 0.2) is 0 Å². The lowest BCUT2D eigenvalue weighted by Crippen LogP contribution is -2.18. The van der Waals surface area contributed by atoms with E-state index in [2.05, 4.69) is 10.6 Å². The largest absolute Gasteiger partial charge is 0.325 e. The van der Waals surface area contributed by atoms with Gasteiger partial charge in [-0.15, -0.1) is 11.8 Å². The third-order valence-corrected chi connectivity index (χ3v) is 3.88. The summed E-state index contributed by atoms with van der Waals surface area (Å²) in [6.45, 7) is 1.97. The van der Waals surface area contributed by atoms with Gasteiger partial charge >= 0.3 is 0 Å². The summed E-state index contributed by atoms with van der Waals surface area (Å²) < 4.78 is 13.4. The van der Waals surface area contributed by atoms with Crippen molar-refractivity contribution in [3.63, 3.8) is 0 Å². The van der Waals surface area contributed by atoms with Crippen LogP contribution >= 0.6 is 11.8 Å². The highest BCUT2D eigenvalue weighted by Crippen LogP contribution is 2.13. The molecule has 0 aliphatic heterocycles. The minimum atomic E-state index is -0.483. The number of benzene rings is 2. The third kappa shape index (κ3) is 5.75. The van der Waals surface area contributed by atoms with Gasteiger partial charge in [0.1, 0.15) is 5.82 Å². The van der Waals surface area contributed by atoms with Gasteiger partial charge in [-0.25, -0.2) is 4.39 Å². The predicted molar refractivity (Wildman–Crippen MR) is 92.2 cm³/mol. The van der Waals surface area contributed by atoms with Crippen molar-refractivity contribution in [1.82, 2.24) is 0 Å². The highest BCUT2D eigenvalue weighted by molar-refractivity contribution is 8.00. The van der Waals surface area contributed by atoms with E-state index in [-0.39, 0.29) is 29.0 Å². The second-order valence-corrected chi connectivity index (χ2v) is 5.92. The molecule has 2 amide bonds. The van der Waals surface area contributed by atoms with Gasteiger partial charge in [0.05, 0.1) is 17.2 Å². The summed E-state index contributed by atoms with van der Waals surface area (Å²) in [5.74, 6) is -0.780. The van der Waals surface area contributed by atoms with Crippen LogP contribution in [0.1, 0.15) is 5.56 Å². The van der Waals surface area contributed by atoms with Crippen molar-refractivity contribution in [2.45, 2.75) is 6.92 Å². The topological polar surface area (TPSA) is 58.2 Å². The second kappa shape index (κ2) is 8.33. The zero-order chi connectivity index (χ0) is 16.7. The van der Waals surface area contributed by atoms with Crippen LogP contribution in [0.3, 0.4) is 0 Å². The Balaban J connectivity index is 1.72. The van der Waals surface area contributed by atoms with E-state index in [1.165, 1.54) is 23.9 Å². The third-order valence-electron chi connectivity index (χ3n) is 2.95. The molecule has 4 nitrogen and oxygen atoms in total. The van der Waals surface area contributed by atoms with Crippen LogP contribution in [0.25, 0.3) is 0 Å². The Morgan fingerprint density at radius 1 is 0.957 bits per heavy atom. The first kappa shape index (κ1) is 17.0. The summed E-state index contributed by atoms with van der Waals surface area (Å²) in [6, 6.07) is 13.4. The molecule has 23 heavy (non-hydrogen) atoms. The highest BCUT2D eigenvalue weighted by atomic mass is 32.2. The molecular weight excluding hydrogens is 315 g/mol. The molecule has 0 heterocycles. The normalized spacial score (nSPS) is 10.2. The van der Waals surface area contributed by atoms with Gasteiger partial charge in [0, 0.05) is 5.69 Å². The SMILES string of the molecule is Cc1ccc(NC(=O)CSCC(=O)Nc2ccccc2F)cc1. The van der Waals surface area contributed by atoms with Crippen LogP contribution < -0.4 is 10.6 Å². The molecule has 0 aromatic heterocycles. The number of carbonyl (C=O) groups excluding carboxylic acids is 2. The minimum absolute atomic E-state index is 0.0790. The van der Waals surface area contributed by atoms with E-state index >= 15 is 0 Å². The summed E-state index contributed by atoms with van der Waals surface area (Å²) >= 11 is 1.17. The van der Waals surface area contributed by atoms with E-state index in [1.807, 2.05) is 31.2 Å². The van der Waals surface area contributed by atoms with Gasteiger partial charge in [-0.2, -0.15) is 0 Å². The van der Waals surface area contributed by atoms with E-state index in [9.17, 15) is 14.0 Å². The smallest absolute Gasteiger partial charge is 0.234 e. The number of halogens is 1. The summed E-state index contributed by atoms with van der Waals surface area (Å²) in [7, 11) is 0. The number of para-hydroxylation sites is 1. The van der Waals surface area contributed by atoms with Gasteiger partial charge in [0.25, 0.3) is 0 Å². The van der Waals surface area contributed by atoms with Crippen LogP contribution in [0, 0.1) is 12.7 Å². The molecule has 0 bridgehead atoms. The molecule has 2 N–H and O–H groups in total. The van der Waals surface area contributed by atoms with Crippen molar-refractivity contribution in [3.8, 4) is 0 Å². The van der Waals surface area contributed by atoms with Crippen molar-refractivity contribution >= 4 is 35.0 Å². The lowest BCUT2D eigenvalue weighted by atomic mass is 10.2. The number of aryl methyl sites for hydroxylation is 1. The molecule has 0 radical (unpaired) electrons. The van der Waals surface area contributed by atoms with Crippen LogP contribution in [0.2, 0.25) is 0 Å². The lowest BCUT2D eigenvalue weighted by Gasteiger charge is -2.07. The van der Waals surface area contributed by atoms with Gasteiger partial charge in [-0.1, -0.05) is 29.8 Å². The molecule has 2 aromatic rings. The molecule has 0 saturated heterocycles. The zero-order valence-corrected chi connectivity index (χ0v) is 13.5. The number of rotatable bonds is 6. The minimum Gasteiger partial charge on any atom is -0.325 e. The number of anilines is 2. The van der Waals surface area contributed by atoms with Crippen LogP contribution in [0.15, 0.2) is 48.5 Å². The Kier molecular flexibility index (Phi) is 6.17. The van der Waals surface area contributed by atoms with E-state index in [0.29, 0.717) is 0 Å². The molecule has 120 valence electrons. The maximum atomic E-state index is 13.4. The van der Waals surface area contributed by atoms with Gasteiger partial charge in [-0.05, 0) is 31.2 Å². The molecule has 0 spiro atoms. The maximum Gasteiger partial charge on any atom is 0.234 e. The van der Waals surface area contributed by atoms with Crippen LogP contribution in [-0.2, 0) is 9.59 Å². The summed E-state index contributed by atoms with van der Waals surface area (Å²) in [5.41, 5.74) is 1.97. The first-order valence-corrected chi connectivity index (χ1v) is 8.19. The summed E-state index contributed by atoms with van der Waals surface area (Å²) in [4.78, 5) is 23.5. The van der Waals surface area contributed by atoms with Crippen molar-refractivity contribution in [3.05, 3.63) is 59.9 Å². The lowest BCUT2D eigenvalue weighted by molar-refractivity contribution is -0.114. The standard InChI is InChI=1S/C17H17FN2O2S/c1-12-6-8-13(9-7-12)19-16(21)10-23-11-17(22)20-15-5-3-2-4-14(15)18/h2-9H,10-11H2,1H3,(H,19,21)(H,20,22).